The van der Waals surface area contributed by atoms with Crippen molar-refractivity contribution in [1.29, 1.82) is 0 Å². The molecule has 0 aliphatic carbocycles. The molecule has 0 radical (unpaired) electrons. The number of cyclic esters (lactones) is 2. The first-order valence-corrected chi connectivity index (χ1v) is 5.82. The summed E-state index contributed by atoms with van der Waals surface area (Å²) in [6.07, 6.45) is 0. The molecule has 0 atom stereocenters. The van der Waals surface area contributed by atoms with Crippen LogP contribution in [-0.4, -0.2) is 45.5 Å². The molecular formula is C13H14O6. The fourth-order valence-corrected chi connectivity index (χ4v) is 1.64. The van der Waals surface area contributed by atoms with Crippen LogP contribution < -0.4 is 4.74 Å². The quantitative estimate of drug-likeness (QED) is 0.707. The SMILES string of the molecule is COc1ccc2c(c1)C(=O)OCCOCCOC2=O. The van der Waals surface area contributed by atoms with E-state index in [1.807, 2.05) is 0 Å². The molecule has 6 nitrogen and oxygen atoms in total. The molecule has 1 aliphatic heterocycles. The Morgan fingerprint density at radius 3 is 2.21 bits per heavy atom. The summed E-state index contributed by atoms with van der Waals surface area (Å²) in [7, 11) is 1.48. The predicted molar refractivity (Wildman–Crippen MR) is 64.4 cm³/mol. The van der Waals surface area contributed by atoms with E-state index >= 15 is 0 Å². The van der Waals surface area contributed by atoms with Crippen molar-refractivity contribution in [3.8, 4) is 5.75 Å². The van der Waals surface area contributed by atoms with E-state index < -0.39 is 11.9 Å². The Morgan fingerprint density at radius 2 is 1.58 bits per heavy atom. The van der Waals surface area contributed by atoms with Gasteiger partial charge in [-0.3, -0.25) is 0 Å². The highest BCUT2D eigenvalue weighted by Gasteiger charge is 2.21. The maximum Gasteiger partial charge on any atom is 0.339 e. The third kappa shape index (κ3) is 3.23. The molecule has 1 aliphatic rings. The van der Waals surface area contributed by atoms with Gasteiger partial charge in [-0.05, 0) is 18.2 Å². The lowest BCUT2D eigenvalue weighted by atomic mass is 10.1. The van der Waals surface area contributed by atoms with Gasteiger partial charge in [-0.25, -0.2) is 9.59 Å². The first-order chi connectivity index (χ1) is 9.22. The van der Waals surface area contributed by atoms with Crippen molar-refractivity contribution in [2.24, 2.45) is 0 Å². The maximum atomic E-state index is 11.9. The third-order valence-corrected chi connectivity index (χ3v) is 2.59. The van der Waals surface area contributed by atoms with Crippen molar-refractivity contribution in [1.82, 2.24) is 0 Å². The number of fused-ring (bicyclic) bond motifs is 1. The van der Waals surface area contributed by atoms with Crippen LogP contribution in [0.15, 0.2) is 18.2 Å². The summed E-state index contributed by atoms with van der Waals surface area (Å²) in [6, 6.07) is 4.53. The van der Waals surface area contributed by atoms with Crippen LogP contribution in [0.25, 0.3) is 0 Å². The van der Waals surface area contributed by atoms with Gasteiger partial charge < -0.3 is 18.9 Å². The van der Waals surface area contributed by atoms with Crippen LogP contribution in [0.4, 0.5) is 0 Å². The summed E-state index contributed by atoms with van der Waals surface area (Å²) in [5.74, 6) is -0.717. The van der Waals surface area contributed by atoms with Crippen LogP contribution in [0.2, 0.25) is 0 Å². The molecule has 0 saturated heterocycles. The molecule has 0 bridgehead atoms. The number of hydrogen-bond donors (Lipinski definition) is 0. The Hall–Kier alpha value is -2.08. The molecule has 1 heterocycles. The van der Waals surface area contributed by atoms with Gasteiger partial charge >= 0.3 is 11.9 Å². The minimum absolute atomic E-state index is 0.129. The van der Waals surface area contributed by atoms with Gasteiger partial charge in [-0.2, -0.15) is 0 Å². The van der Waals surface area contributed by atoms with Crippen LogP contribution in [-0.2, 0) is 14.2 Å². The number of rotatable bonds is 1. The third-order valence-electron chi connectivity index (χ3n) is 2.59. The van der Waals surface area contributed by atoms with Gasteiger partial charge in [0.2, 0.25) is 0 Å². The van der Waals surface area contributed by atoms with E-state index in [-0.39, 0.29) is 37.6 Å². The van der Waals surface area contributed by atoms with Crippen LogP contribution in [0.5, 0.6) is 5.75 Å². The van der Waals surface area contributed by atoms with Crippen molar-refractivity contribution in [3.63, 3.8) is 0 Å². The molecule has 1 aromatic carbocycles. The van der Waals surface area contributed by atoms with Gasteiger partial charge in [0.05, 0.1) is 31.5 Å². The monoisotopic (exact) mass is 266 g/mol. The van der Waals surface area contributed by atoms with Gasteiger partial charge in [0, 0.05) is 0 Å². The Morgan fingerprint density at radius 1 is 0.947 bits per heavy atom. The second kappa shape index (κ2) is 6.19. The lowest BCUT2D eigenvalue weighted by Gasteiger charge is -2.09. The van der Waals surface area contributed by atoms with E-state index in [1.54, 1.807) is 6.07 Å². The molecule has 0 aromatic heterocycles. The molecule has 6 heteroatoms. The van der Waals surface area contributed by atoms with E-state index in [9.17, 15) is 9.59 Å². The van der Waals surface area contributed by atoms with Crippen LogP contribution in [0.3, 0.4) is 0 Å². The van der Waals surface area contributed by atoms with Gasteiger partial charge in [-0.1, -0.05) is 0 Å². The number of ether oxygens (including phenoxy) is 4. The second-order valence-electron chi connectivity index (χ2n) is 3.80. The zero-order valence-corrected chi connectivity index (χ0v) is 10.5. The molecule has 102 valence electrons. The molecule has 0 spiro atoms. The average molecular weight is 266 g/mol. The Balaban J connectivity index is 2.36. The second-order valence-corrected chi connectivity index (χ2v) is 3.80. The summed E-state index contributed by atoms with van der Waals surface area (Å²) in [6.45, 7) is 0.805. The predicted octanol–water partition coefficient (Wildman–Crippen LogP) is 1.04. The summed E-state index contributed by atoms with van der Waals surface area (Å²) in [4.78, 5) is 23.8. The molecule has 0 N–H and O–H groups in total. The van der Waals surface area contributed by atoms with Gasteiger partial charge in [0.15, 0.2) is 0 Å². The first-order valence-electron chi connectivity index (χ1n) is 5.82. The molecule has 0 amide bonds. The maximum absolute atomic E-state index is 11.9. The number of methoxy groups -OCH3 is 1. The van der Waals surface area contributed by atoms with Crippen LogP contribution >= 0.6 is 0 Å². The van der Waals surface area contributed by atoms with Gasteiger partial charge in [-0.15, -0.1) is 0 Å². The van der Waals surface area contributed by atoms with Crippen LogP contribution in [0, 0.1) is 0 Å². The van der Waals surface area contributed by atoms with E-state index in [0.717, 1.165) is 0 Å². The van der Waals surface area contributed by atoms with E-state index in [4.69, 9.17) is 18.9 Å². The number of esters is 2. The Kier molecular flexibility index (Phi) is 4.35. The summed E-state index contributed by atoms with van der Waals surface area (Å²) < 4.78 is 20.2. The number of carbonyl (C=O) groups excluding carboxylic acids is 2. The smallest absolute Gasteiger partial charge is 0.339 e. The summed E-state index contributed by atoms with van der Waals surface area (Å²) in [5, 5.41) is 0. The highest BCUT2D eigenvalue weighted by molar-refractivity contribution is 6.03. The molecule has 0 saturated carbocycles. The van der Waals surface area contributed by atoms with Gasteiger partial charge in [0.1, 0.15) is 19.0 Å². The van der Waals surface area contributed by atoms with Crippen molar-refractivity contribution in [2.45, 2.75) is 0 Å². The standard InChI is InChI=1S/C13H14O6/c1-16-9-2-3-10-11(8-9)13(15)19-7-5-17-4-6-18-12(10)14/h2-3,8H,4-7H2,1H3. The molecule has 1 aromatic rings. The zero-order chi connectivity index (χ0) is 13.7. The molecular weight excluding hydrogens is 252 g/mol. The highest BCUT2D eigenvalue weighted by Crippen LogP contribution is 2.20. The molecule has 0 unspecified atom stereocenters. The van der Waals surface area contributed by atoms with E-state index in [0.29, 0.717) is 5.75 Å². The van der Waals surface area contributed by atoms with Crippen molar-refractivity contribution in [3.05, 3.63) is 29.3 Å². The number of carbonyl (C=O) groups is 2. The highest BCUT2D eigenvalue weighted by atomic mass is 16.6. The van der Waals surface area contributed by atoms with Crippen molar-refractivity contribution in [2.75, 3.05) is 33.5 Å². The summed E-state index contributed by atoms with van der Waals surface area (Å²) in [5.41, 5.74) is 0.291. The van der Waals surface area contributed by atoms with Crippen molar-refractivity contribution < 1.29 is 28.5 Å². The lowest BCUT2D eigenvalue weighted by molar-refractivity contribution is 0.0180. The first kappa shape index (κ1) is 13.4. The molecule has 19 heavy (non-hydrogen) atoms. The van der Waals surface area contributed by atoms with Crippen LogP contribution in [0.1, 0.15) is 20.7 Å². The lowest BCUT2D eigenvalue weighted by Crippen LogP contribution is -2.14. The number of benzene rings is 1. The minimum Gasteiger partial charge on any atom is -0.497 e. The number of hydrogen-bond acceptors (Lipinski definition) is 6. The normalized spacial score (nSPS) is 16.7. The summed E-state index contributed by atoms with van der Waals surface area (Å²) >= 11 is 0. The average Bonchev–Trinajstić information content (AvgIpc) is 2.47. The Bertz CT molecular complexity index is 482. The van der Waals surface area contributed by atoms with E-state index in [1.165, 1.54) is 19.2 Å². The largest absolute Gasteiger partial charge is 0.497 e. The van der Waals surface area contributed by atoms with E-state index in [2.05, 4.69) is 0 Å². The fraction of sp³-hybridized carbons (Fsp3) is 0.385. The van der Waals surface area contributed by atoms with Gasteiger partial charge in [0.25, 0.3) is 0 Å². The van der Waals surface area contributed by atoms with Crippen molar-refractivity contribution >= 4 is 11.9 Å². The topological polar surface area (TPSA) is 71.1 Å². The zero-order valence-electron chi connectivity index (χ0n) is 10.5. The fourth-order valence-electron chi connectivity index (χ4n) is 1.64. The Labute approximate surface area is 110 Å². The minimum atomic E-state index is -0.601. The molecule has 2 rings (SSSR count). The molecule has 0 fully saturated rings.